The molecule has 38 heavy (non-hydrogen) atoms. The van der Waals surface area contributed by atoms with Gasteiger partial charge < -0.3 is 24.0 Å². The Morgan fingerprint density at radius 1 is 0.947 bits per heavy atom. The summed E-state index contributed by atoms with van der Waals surface area (Å²) in [5.41, 5.74) is 1.79. The van der Waals surface area contributed by atoms with Gasteiger partial charge in [-0.05, 0) is 54.3 Å². The predicted molar refractivity (Wildman–Crippen MR) is 138 cm³/mol. The number of ether oxygens (including phenoxy) is 2. The topological polar surface area (TPSA) is 115 Å². The Kier molecular flexibility index (Phi) is 7.63. The van der Waals surface area contributed by atoms with Crippen LogP contribution in [0.3, 0.4) is 0 Å². The van der Waals surface area contributed by atoms with E-state index in [9.17, 15) is 14.7 Å². The van der Waals surface area contributed by atoms with Crippen molar-refractivity contribution >= 4 is 12.1 Å². The maximum atomic E-state index is 12.6. The molecule has 3 aromatic carbocycles. The van der Waals surface area contributed by atoms with E-state index in [-0.39, 0.29) is 12.5 Å². The zero-order valence-corrected chi connectivity index (χ0v) is 20.6. The number of rotatable bonds is 9. The minimum absolute atomic E-state index is 0.109. The summed E-state index contributed by atoms with van der Waals surface area (Å²) in [5.74, 6) is 0.259. The molecule has 0 saturated carbocycles. The van der Waals surface area contributed by atoms with Crippen molar-refractivity contribution in [1.29, 1.82) is 0 Å². The molecule has 194 valence electrons. The summed E-state index contributed by atoms with van der Waals surface area (Å²) >= 11 is 0. The molecule has 1 aromatic heterocycles. The van der Waals surface area contributed by atoms with Gasteiger partial charge in [-0.2, -0.15) is 4.98 Å². The number of likely N-dealkylation sites (tertiary alicyclic amines) is 1. The number of carbonyl (C=O) groups is 2. The van der Waals surface area contributed by atoms with Crippen LogP contribution in [-0.4, -0.2) is 51.9 Å². The Hall–Kier alpha value is -4.66. The lowest BCUT2D eigenvalue weighted by atomic mass is 9.90. The number of aromatic nitrogens is 2. The quantitative estimate of drug-likeness (QED) is 0.342. The van der Waals surface area contributed by atoms with E-state index in [1.807, 2.05) is 60.7 Å². The Morgan fingerprint density at radius 3 is 2.45 bits per heavy atom. The Bertz CT molecular complexity index is 1380. The fourth-order valence-electron chi connectivity index (χ4n) is 4.54. The van der Waals surface area contributed by atoms with Crippen molar-refractivity contribution in [1.82, 2.24) is 15.0 Å². The number of aliphatic carboxylic acids is 1. The molecule has 9 heteroatoms. The maximum absolute atomic E-state index is 12.6. The molecule has 1 N–H and O–H groups in total. The Labute approximate surface area is 219 Å². The van der Waals surface area contributed by atoms with Crippen LogP contribution >= 0.6 is 0 Å². The third-order valence-electron chi connectivity index (χ3n) is 6.44. The van der Waals surface area contributed by atoms with Crippen LogP contribution in [0.2, 0.25) is 0 Å². The van der Waals surface area contributed by atoms with E-state index in [1.165, 1.54) is 4.90 Å². The smallest absolute Gasteiger partial charge is 0.415 e. The first-order valence-corrected chi connectivity index (χ1v) is 12.4. The van der Waals surface area contributed by atoms with Crippen molar-refractivity contribution in [2.75, 3.05) is 19.7 Å². The van der Waals surface area contributed by atoms with E-state index in [2.05, 4.69) is 10.1 Å². The lowest BCUT2D eigenvalue weighted by molar-refractivity contribution is -0.142. The van der Waals surface area contributed by atoms with E-state index in [1.54, 1.807) is 24.3 Å². The number of hydrogen-bond acceptors (Lipinski definition) is 7. The van der Waals surface area contributed by atoms with E-state index < -0.39 is 18.0 Å². The second kappa shape index (κ2) is 11.6. The van der Waals surface area contributed by atoms with Crippen LogP contribution in [-0.2, 0) is 17.6 Å². The fourth-order valence-corrected chi connectivity index (χ4v) is 4.54. The van der Waals surface area contributed by atoms with Crippen molar-refractivity contribution < 1.29 is 28.7 Å². The first-order valence-electron chi connectivity index (χ1n) is 12.4. The van der Waals surface area contributed by atoms with Crippen LogP contribution in [0.15, 0.2) is 89.5 Å². The molecular weight excluding hydrogens is 486 g/mol. The second-order valence-corrected chi connectivity index (χ2v) is 9.12. The van der Waals surface area contributed by atoms with Gasteiger partial charge in [-0.15, -0.1) is 0 Å². The molecule has 0 unspecified atom stereocenters. The molecule has 2 atom stereocenters. The lowest BCUT2D eigenvalue weighted by Gasteiger charge is -2.16. The van der Waals surface area contributed by atoms with Crippen molar-refractivity contribution in [3.8, 4) is 23.0 Å². The SMILES string of the molecule is O=C(O)[C@H]1CN(C(=O)Oc2ccccc2)C[C@H]1Cc1cccc(OCCc2noc(-c3ccccc3)n2)c1. The van der Waals surface area contributed by atoms with Crippen LogP contribution in [0.5, 0.6) is 11.5 Å². The average molecular weight is 514 g/mol. The molecule has 0 bridgehead atoms. The molecule has 1 saturated heterocycles. The number of carbonyl (C=O) groups excluding carboxylic acids is 1. The molecule has 1 aliphatic heterocycles. The van der Waals surface area contributed by atoms with Gasteiger partial charge in [0.2, 0.25) is 0 Å². The molecule has 4 aromatic rings. The molecule has 0 spiro atoms. The van der Waals surface area contributed by atoms with Crippen molar-refractivity contribution in [3.63, 3.8) is 0 Å². The van der Waals surface area contributed by atoms with Gasteiger partial charge in [0.05, 0.1) is 12.5 Å². The number of carboxylic acid groups (broad SMARTS) is 1. The van der Waals surface area contributed by atoms with Crippen LogP contribution in [0.25, 0.3) is 11.5 Å². The predicted octanol–water partition coefficient (Wildman–Crippen LogP) is 4.73. The van der Waals surface area contributed by atoms with E-state index in [4.69, 9.17) is 14.0 Å². The van der Waals surface area contributed by atoms with Crippen LogP contribution in [0, 0.1) is 11.8 Å². The standard InChI is InChI=1S/C29H27N3O6/c33-28(34)25-19-32(29(35)37-23-11-5-2-6-12-23)18-22(25)16-20-8-7-13-24(17-20)36-15-14-26-30-27(38-31-26)21-9-3-1-4-10-21/h1-13,17,22,25H,14-16,18-19H2,(H,33,34)/t22-,25+/m1/s1. The number of benzene rings is 3. The Morgan fingerprint density at radius 2 is 1.68 bits per heavy atom. The summed E-state index contributed by atoms with van der Waals surface area (Å²) in [6.07, 6.45) is 0.427. The molecule has 1 fully saturated rings. The number of para-hydroxylation sites is 1. The number of nitrogens with zero attached hydrogens (tertiary/aromatic N) is 3. The van der Waals surface area contributed by atoms with Crippen LogP contribution in [0.4, 0.5) is 4.79 Å². The molecule has 0 aliphatic carbocycles. The van der Waals surface area contributed by atoms with E-state index in [0.29, 0.717) is 49.2 Å². The Balaban J connectivity index is 1.16. The highest BCUT2D eigenvalue weighted by Crippen LogP contribution is 2.29. The summed E-state index contributed by atoms with van der Waals surface area (Å²) in [7, 11) is 0. The van der Waals surface area contributed by atoms with Gasteiger partial charge in [-0.25, -0.2) is 4.79 Å². The van der Waals surface area contributed by atoms with Gasteiger partial charge in [-0.1, -0.05) is 53.7 Å². The monoisotopic (exact) mass is 513 g/mol. The van der Waals surface area contributed by atoms with Gasteiger partial charge in [0.15, 0.2) is 5.82 Å². The highest BCUT2D eigenvalue weighted by atomic mass is 16.6. The van der Waals surface area contributed by atoms with E-state index >= 15 is 0 Å². The molecule has 1 aliphatic rings. The molecule has 0 radical (unpaired) electrons. The molecule has 2 heterocycles. The van der Waals surface area contributed by atoms with Gasteiger partial charge in [0.25, 0.3) is 5.89 Å². The molecule has 5 rings (SSSR count). The van der Waals surface area contributed by atoms with Crippen molar-refractivity contribution in [2.45, 2.75) is 12.8 Å². The minimum Gasteiger partial charge on any atom is -0.493 e. The summed E-state index contributed by atoms with van der Waals surface area (Å²) in [5, 5.41) is 13.8. The van der Waals surface area contributed by atoms with E-state index in [0.717, 1.165) is 11.1 Å². The van der Waals surface area contributed by atoms with Gasteiger partial charge >= 0.3 is 12.1 Å². The van der Waals surface area contributed by atoms with Gasteiger partial charge in [-0.3, -0.25) is 4.79 Å². The molecule has 9 nitrogen and oxygen atoms in total. The highest BCUT2D eigenvalue weighted by Gasteiger charge is 2.40. The average Bonchev–Trinajstić information content (AvgIpc) is 3.58. The minimum atomic E-state index is -0.924. The third-order valence-corrected chi connectivity index (χ3v) is 6.44. The largest absolute Gasteiger partial charge is 0.493 e. The first kappa shape index (κ1) is 25.0. The van der Waals surface area contributed by atoms with Gasteiger partial charge in [0.1, 0.15) is 11.5 Å². The first-order chi connectivity index (χ1) is 18.5. The summed E-state index contributed by atoms with van der Waals surface area (Å²) < 4.78 is 16.6. The molecular formula is C29H27N3O6. The molecule has 1 amide bonds. The van der Waals surface area contributed by atoms with Crippen molar-refractivity contribution in [3.05, 3.63) is 96.3 Å². The number of amides is 1. The highest BCUT2D eigenvalue weighted by molar-refractivity contribution is 5.75. The summed E-state index contributed by atoms with van der Waals surface area (Å²) in [6, 6.07) is 25.9. The fraction of sp³-hybridized carbons (Fsp3) is 0.241. The third kappa shape index (κ3) is 6.18. The van der Waals surface area contributed by atoms with Crippen molar-refractivity contribution in [2.24, 2.45) is 11.8 Å². The second-order valence-electron chi connectivity index (χ2n) is 9.12. The van der Waals surface area contributed by atoms with Gasteiger partial charge in [0, 0.05) is 25.1 Å². The number of hydrogen-bond donors (Lipinski definition) is 1. The van der Waals surface area contributed by atoms with Crippen LogP contribution in [0.1, 0.15) is 11.4 Å². The maximum Gasteiger partial charge on any atom is 0.415 e. The zero-order chi connectivity index (χ0) is 26.3. The summed E-state index contributed by atoms with van der Waals surface area (Å²) in [4.78, 5) is 30.4. The number of carboxylic acids is 1. The normalized spacial score (nSPS) is 16.8. The zero-order valence-electron chi connectivity index (χ0n) is 20.6. The lowest BCUT2D eigenvalue weighted by Crippen LogP contribution is -2.32. The van der Waals surface area contributed by atoms with Crippen LogP contribution < -0.4 is 9.47 Å². The summed E-state index contributed by atoms with van der Waals surface area (Å²) in [6.45, 7) is 0.768.